The Bertz CT molecular complexity index is 373. The van der Waals surface area contributed by atoms with Crippen LogP contribution in [0.1, 0.15) is 36.2 Å². The van der Waals surface area contributed by atoms with Crippen LogP contribution in [-0.4, -0.2) is 41.7 Å². The molecule has 6 heteroatoms. The van der Waals surface area contributed by atoms with E-state index in [4.69, 9.17) is 9.26 Å². The van der Waals surface area contributed by atoms with E-state index in [1.54, 1.807) is 0 Å². The van der Waals surface area contributed by atoms with Gasteiger partial charge in [0.1, 0.15) is 0 Å². The molecule has 0 bridgehead atoms. The summed E-state index contributed by atoms with van der Waals surface area (Å²) in [5.74, 6) is 2.83. The molecule has 3 heterocycles. The quantitative estimate of drug-likeness (QED) is 0.898. The van der Waals surface area contributed by atoms with Gasteiger partial charge in [0.05, 0.1) is 18.5 Å². The Hall–Kier alpha value is -0.590. The van der Waals surface area contributed by atoms with Crippen molar-refractivity contribution in [1.82, 2.24) is 15.5 Å². The van der Waals surface area contributed by atoms with Gasteiger partial charge in [-0.1, -0.05) is 11.6 Å². The van der Waals surface area contributed by atoms with E-state index in [0.717, 1.165) is 37.9 Å². The average Bonchev–Trinajstić information content (AvgIpc) is 2.89. The third-order valence-electron chi connectivity index (χ3n) is 3.37. The van der Waals surface area contributed by atoms with Crippen LogP contribution < -0.4 is 5.32 Å². The zero-order valence-corrected chi connectivity index (χ0v) is 11.2. The largest absolute Gasteiger partial charge is 0.378 e. The molecule has 2 fully saturated rings. The average molecular weight is 269 g/mol. The molecule has 1 aromatic rings. The van der Waals surface area contributed by atoms with Crippen molar-refractivity contribution in [2.24, 2.45) is 0 Å². The fourth-order valence-electron chi connectivity index (χ4n) is 2.39. The first-order valence-electron chi connectivity index (χ1n) is 6.67. The third kappa shape index (κ3) is 3.05. The van der Waals surface area contributed by atoms with E-state index in [1.165, 1.54) is 25.0 Å². The number of hydrogen-bond acceptors (Lipinski definition) is 6. The van der Waals surface area contributed by atoms with Gasteiger partial charge in [0.25, 0.3) is 0 Å². The molecule has 2 atom stereocenters. The van der Waals surface area contributed by atoms with Gasteiger partial charge in [-0.15, -0.1) is 0 Å². The molecule has 5 nitrogen and oxygen atoms in total. The fourth-order valence-corrected chi connectivity index (χ4v) is 3.62. The van der Waals surface area contributed by atoms with E-state index < -0.39 is 0 Å². The standard InChI is InChI=1S/C12H19N3O2S/c1-2-6-18-10(3-1)12-14-11(17-15-12)7-9-8-16-5-4-13-9/h9-10,13H,1-8H2. The first-order chi connectivity index (χ1) is 8.92. The lowest BCUT2D eigenvalue weighted by atomic mass is 10.2. The highest BCUT2D eigenvalue weighted by Crippen LogP contribution is 2.36. The lowest BCUT2D eigenvalue weighted by molar-refractivity contribution is 0.0744. The fraction of sp³-hybridized carbons (Fsp3) is 0.833. The Balaban J connectivity index is 1.58. The second kappa shape index (κ2) is 6.04. The summed E-state index contributed by atoms with van der Waals surface area (Å²) in [5, 5.41) is 7.97. The Morgan fingerprint density at radius 3 is 3.17 bits per heavy atom. The maximum atomic E-state index is 5.42. The summed E-state index contributed by atoms with van der Waals surface area (Å²) in [6.45, 7) is 2.43. The Kier molecular flexibility index (Phi) is 4.17. The van der Waals surface area contributed by atoms with Crippen LogP contribution in [0.3, 0.4) is 0 Å². The van der Waals surface area contributed by atoms with Crippen LogP contribution in [0.5, 0.6) is 0 Å². The Morgan fingerprint density at radius 2 is 2.39 bits per heavy atom. The third-order valence-corrected chi connectivity index (χ3v) is 4.74. The molecule has 2 aliphatic heterocycles. The van der Waals surface area contributed by atoms with Gasteiger partial charge in [0.15, 0.2) is 5.82 Å². The first-order valence-corrected chi connectivity index (χ1v) is 7.72. The van der Waals surface area contributed by atoms with Gasteiger partial charge in [0.2, 0.25) is 5.89 Å². The molecule has 0 spiro atoms. The summed E-state index contributed by atoms with van der Waals surface area (Å²) in [6.07, 6.45) is 4.54. The molecular formula is C12H19N3O2S. The molecule has 0 aliphatic carbocycles. The minimum atomic E-state index is 0.311. The second-order valence-electron chi connectivity index (χ2n) is 4.83. The smallest absolute Gasteiger partial charge is 0.228 e. The maximum absolute atomic E-state index is 5.42. The highest BCUT2D eigenvalue weighted by atomic mass is 32.2. The van der Waals surface area contributed by atoms with Gasteiger partial charge in [-0.2, -0.15) is 16.7 Å². The summed E-state index contributed by atoms with van der Waals surface area (Å²) in [5.41, 5.74) is 0. The van der Waals surface area contributed by atoms with Crippen LogP contribution in [0.4, 0.5) is 0 Å². The van der Waals surface area contributed by atoms with Crippen LogP contribution >= 0.6 is 11.8 Å². The number of ether oxygens (including phenoxy) is 1. The van der Waals surface area contributed by atoms with Crippen LogP contribution in [0.2, 0.25) is 0 Å². The molecule has 2 saturated heterocycles. The van der Waals surface area contributed by atoms with Gasteiger partial charge in [-0.25, -0.2) is 0 Å². The monoisotopic (exact) mass is 269 g/mol. The van der Waals surface area contributed by atoms with Gasteiger partial charge < -0.3 is 14.6 Å². The van der Waals surface area contributed by atoms with E-state index in [2.05, 4.69) is 15.5 Å². The number of hydrogen-bond donors (Lipinski definition) is 1. The number of nitrogens with one attached hydrogen (secondary N) is 1. The van der Waals surface area contributed by atoms with Crippen LogP contribution in [-0.2, 0) is 11.2 Å². The number of thioether (sulfide) groups is 1. The number of aromatic nitrogens is 2. The minimum absolute atomic E-state index is 0.311. The molecule has 0 aromatic carbocycles. The molecule has 18 heavy (non-hydrogen) atoms. The molecule has 3 rings (SSSR count). The van der Waals surface area contributed by atoms with Crippen molar-refractivity contribution in [2.45, 2.75) is 37.0 Å². The lowest BCUT2D eigenvalue weighted by Crippen LogP contribution is -2.42. The summed E-state index contributed by atoms with van der Waals surface area (Å²) in [7, 11) is 0. The summed E-state index contributed by atoms with van der Waals surface area (Å²) in [4.78, 5) is 4.53. The van der Waals surface area contributed by atoms with Gasteiger partial charge in [-0.3, -0.25) is 0 Å². The van der Waals surface area contributed by atoms with Crippen molar-refractivity contribution in [3.63, 3.8) is 0 Å². The highest BCUT2D eigenvalue weighted by Gasteiger charge is 2.23. The van der Waals surface area contributed by atoms with E-state index >= 15 is 0 Å². The first kappa shape index (κ1) is 12.4. The van der Waals surface area contributed by atoms with Gasteiger partial charge >= 0.3 is 0 Å². The summed E-state index contributed by atoms with van der Waals surface area (Å²) in [6, 6.07) is 0.311. The summed E-state index contributed by atoms with van der Waals surface area (Å²) < 4.78 is 10.8. The molecule has 2 aliphatic rings. The van der Waals surface area contributed by atoms with E-state index in [1.807, 2.05) is 11.8 Å². The predicted molar refractivity (Wildman–Crippen MR) is 69.7 cm³/mol. The van der Waals surface area contributed by atoms with Gasteiger partial charge in [0, 0.05) is 19.0 Å². The van der Waals surface area contributed by atoms with Crippen molar-refractivity contribution >= 4 is 11.8 Å². The zero-order valence-electron chi connectivity index (χ0n) is 10.4. The molecule has 100 valence electrons. The van der Waals surface area contributed by atoms with Crippen molar-refractivity contribution < 1.29 is 9.26 Å². The molecule has 0 radical (unpaired) electrons. The minimum Gasteiger partial charge on any atom is -0.378 e. The van der Waals surface area contributed by atoms with E-state index in [9.17, 15) is 0 Å². The van der Waals surface area contributed by atoms with Crippen molar-refractivity contribution in [2.75, 3.05) is 25.5 Å². The Labute approximate surface area is 111 Å². The highest BCUT2D eigenvalue weighted by molar-refractivity contribution is 7.99. The Morgan fingerprint density at radius 1 is 1.39 bits per heavy atom. The molecule has 2 unspecified atom stereocenters. The molecule has 1 N–H and O–H groups in total. The van der Waals surface area contributed by atoms with Crippen molar-refractivity contribution in [3.8, 4) is 0 Å². The van der Waals surface area contributed by atoms with Crippen LogP contribution in [0.15, 0.2) is 4.52 Å². The number of morpholine rings is 1. The molecular weight excluding hydrogens is 250 g/mol. The van der Waals surface area contributed by atoms with E-state index in [-0.39, 0.29) is 0 Å². The number of rotatable bonds is 3. The maximum Gasteiger partial charge on any atom is 0.228 e. The van der Waals surface area contributed by atoms with Gasteiger partial charge in [-0.05, 0) is 18.6 Å². The van der Waals surface area contributed by atoms with Crippen molar-refractivity contribution in [1.29, 1.82) is 0 Å². The van der Waals surface area contributed by atoms with Crippen molar-refractivity contribution in [3.05, 3.63) is 11.7 Å². The van der Waals surface area contributed by atoms with E-state index in [0.29, 0.717) is 11.3 Å². The predicted octanol–water partition coefficient (Wildman–Crippen LogP) is 1.56. The summed E-state index contributed by atoms with van der Waals surface area (Å²) >= 11 is 1.95. The lowest BCUT2D eigenvalue weighted by Gasteiger charge is -2.22. The van der Waals surface area contributed by atoms with Crippen LogP contribution in [0, 0.1) is 0 Å². The number of nitrogens with zero attached hydrogens (tertiary/aromatic N) is 2. The topological polar surface area (TPSA) is 60.2 Å². The molecule has 0 amide bonds. The molecule has 0 saturated carbocycles. The zero-order chi connectivity index (χ0) is 12.2. The SMILES string of the molecule is C1CCC(c2noc(CC3COCCN3)n2)SC1. The van der Waals surface area contributed by atoms with Crippen LogP contribution in [0.25, 0.3) is 0 Å². The normalized spacial score (nSPS) is 29.3. The second-order valence-corrected chi connectivity index (χ2v) is 6.14. The molecule has 1 aromatic heterocycles.